The molecule has 7 heteroatoms. The van der Waals surface area contributed by atoms with Gasteiger partial charge < -0.3 is 10.1 Å². The van der Waals surface area contributed by atoms with Gasteiger partial charge in [-0.15, -0.1) is 0 Å². The fourth-order valence-electron chi connectivity index (χ4n) is 3.55. The first kappa shape index (κ1) is 20.9. The van der Waals surface area contributed by atoms with Crippen LogP contribution in [0.4, 0.5) is 10.5 Å². The molecule has 0 fully saturated rings. The Labute approximate surface area is 185 Å². The number of carbonyl (C=O) groups excluding carboxylic acids is 2. The lowest BCUT2D eigenvalue weighted by atomic mass is 10.0. The van der Waals surface area contributed by atoms with Gasteiger partial charge in [0.25, 0.3) is 5.91 Å². The van der Waals surface area contributed by atoms with Crippen LogP contribution in [0.5, 0.6) is 0 Å². The molecule has 2 heterocycles. The Morgan fingerprint density at radius 3 is 2.71 bits per heavy atom. The van der Waals surface area contributed by atoms with Gasteiger partial charge in [-0.1, -0.05) is 54.1 Å². The van der Waals surface area contributed by atoms with E-state index in [2.05, 4.69) is 10.3 Å². The topological polar surface area (TPSA) is 71.5 Å². The molecule has 0 saturated carbocycles. The number of nitrogens with zero attached hydrogens (tertiary/aromatic N) is 2. The Bertz CT molecular complexity index is 1090. The highest BCUT2D eigenvalue weighted by Gasteiger charge is 2.26. The number of amides is 2. The number of nitrogens with one attached hydrogen (secondary N) is 1. The number of halogens is 1. The molecular weight excluding hydrogens is 414 g/mol. The van der Waals surface area contributed by atoms with E-state index in [9.17, 15) is 9.59 Å². The van der Waals surface area contributed by atoms with E-state index < -0.39 is 0 Å². The molecule has 0 saturated heterocycles. The van der Waals surface area contributed by atoms with Crippen LogP contribution in [0, 0.1) is 0 Å². The largest absolute Gasteiger partial charge is 0.444 e. The molecule has 0 aliphatic carbocycles. The normalized spacial score (nSPS) is 13.4. The summed E-state index contributed by atoms with van der Waals surface area (Å²) < 4.78 is 5.47. The van der Waals surface area contributed by atoms with E-state index in [0.717, 1.165) is 28.8 Å². The van der Waals surface area contributed by atoms with Crippen LogP contribution in [0.3, 0.4) is 0 Å². The van der Waals surface area contributed by atoms with Crippen molar-refractivity contribution in [2.75, 3.05) is 11.4 Å². The maximum absolute atomic E-state index is 12.6. The molecule has 0 radical (unpaired) electrons. The van der Waals surface area contributed by atoms with Gasteiger partial charge in [-0.25, -0.2) is 9.78 Å². The van der Waals surface area contributed by atoms with Crippen molar-refractivity contribution < 1.29 is 14.3 Å². The highest BCUT2D eigenvalue weighted by molar-refractivity contribution is 6.29. The van der Waals surface area contributed by atoms with Gasteiger partial charge in [0.05, 0.1) is 17.3 Å². The van der Waals surface area contributed by atoms with E-state index in [4.69, 9.17) is 16.3 Å². The van der Waals surface area contributed by atoms with Crippen LogP contribution in [0.1, 0.15) is 40.0 Å². The van der Waals surface area contributed by atoms with Gasteiger partial charge in [-0.3, -0.25) is 9.69 Å². The van der Waals surface area contributed by atoms with E-state index in [1.54, 1.807) is 17.0 Å². The van der Waals surface area contributed by atoms with Crippen molar-refractivity contribution in [1.29, 1.82) is 0 Å². The predicted octanol–water partition coefficient (Wildman–Crippen LogP) is 4.93. The molecule has 2 aromatic carbocycles. The van der Waals surface area contributed by atoms with Crippen LogP contribution in [0.2, 0.25) is 5.15 Å². The quantitative estimate of drug-likeness (QED) is 0.577. The molecule has 2 amide bonds. The number of carbonyl (C=O) groups is 2. The number of fused-ring (bicyclic) bond motifs is 1. The third-order valence-corrected chi connectivity index (χ3v) is 5.49. The summed E-state index contributed by atoms with van der Waals surface area (Å²) in [4.78, 5) is 30.6. The first-order valence-corrected chi connectivity index (χ1v) is 10.4. The molecule has 3 aromatic rings. The zero-order valence-electron chi connectivity index (χ0n) is 17.0. The molecule has 4 rings (SSSR count). The summed E-state index contributed by atoms with van der Waals surface area (Å²) in [7, 11) is 0. The summed E-state index contributed by atoms with van der Waals surface area (Å²) in [6, 6.07) is 18.5. The molecule has 0 unspecified atom stereocenters. The number of ether oxygens (including phenoxy) is 1. The third kappa shape index (κ3) is 4.86. The standard InChI is InChI=1S/C24H22ClN3O3/c1-16(27-23(29)20-8-10-22(25)26-14-20)18-7-9-21-19(13-18)11-12-28(21)24(30)31-15-17-5-3-2-4-6-17/h2-10,13-14,16H,11-12,15H2,1H3,(H,27,29)/t16-/m1/s1. The van der Waals surface area contributed by atoms with Crippen LogP contribution >= 0.6 is 11.6 Å². The minimum atomic E-state index is -0.355. The lowest BCUT2D eigenvalue weighted by Gasteiger charge is -2.19. The smallest absolute Gasteiger partial charge is 0.414 e. The number of hydrogen-bond donors (Lipinski definition) is 1. The molecule has 1 atom stereocenters. The number of aromatic nitrogens is 1. The van der Waals surface area contributed by atoms with E-state index in [1.165, 1.54) is 6.20 Å². The van der Waals surface area contributed by atoms with Crippen molar-refractivity contribution in [3.05, 3.63) is 94.3 Å². The summed E-state index contributed by atoms with van der Waals surface area (Å²) in [6.45, 7) is 2.74. The Morgan fingerprint density at radius 2 is 1.97 bits per heavy atom. The molecule has 0 bridgehead atoms. The Balaban J connectivity index is 1.40. The molecular formula is C24H22ClN3O3. The van der Waals surface area contributed by atoms with Gasteiger partial charge in [0, 0.05) is 12.7 Å². The second-order valence-electron chi connectivity index (χ2n) is 7.39. The van der Waals surface area contributed by atoms with Crippen LogP contribution in [-0.2, 0) is 17.8 Å². The van der Waals surface area contributed by atoms with Crippen LogP contribution in [0.15, 0.2) is 66.9 Å². The lowest BCUT2D eigenvalue weighted by Crippen LogP contribution is -2.29. The molecule has 31 heavy (non-hydrogen) atoms. The average Bonchev–Trinajstić information content (AvgIpc) is 3.22. The van der Waals surface area contributed by atoms with E-state index in [0.29, 0.717) is 17.3 Å². The van der Waals surface area contributed by atoms with Gasteiger partial charge >= 0.3 is 6.09 Å². The lowest BCUT2D eigenvalue weighted by molar-refractivity contribution is 0.0939. The number of hydrogen-bond acceptors (Lipinski definition) is 4. The van der Waals surface area contributed by atoms with E-state index in [1.807, 2.05) is 55.5 Å². The van der Waals surface area contributed by atoms with Crippen LogP contribution in [-0.4, -0.2) is 23.5 Å². The molecule has 1 aromatic heterocycles. The maximum atomic E-state index is 12.6. The van der Waals surface area contributed by atoms with Gasteiger partial charge in [-0.05, 0) is 48.2 Å². The fourth-order valence-corrected chi connectivity index (χ4v) is 3.66. The van der Waals surface area contributed by atoms with Gasteiger partial charge in [0.1, 0.15) is 11.8 Å². The van der Waals surface area contributed by atoms with Crippen LogP contribution < -0.4 is 10.2 Å². The van der Waals surface area contributed by atoms with Crippen molar-refractivity contribution >= 4 is 29.3 Å². The zero-order valence-corrected chi connectivity index (χ0v) is 17.8. The van der Waals surface area contributed by atoms with Crippen molar-refractivity contribution in [3.63, 3.8) is 0 Å². The van der Waals surface area contributed by atoms with Gasteiger partial charge in [0.2, 0.25) is 0 Å². The molecule has 0 spiro atoms. The Hall–Kier alpha value is -3.38. The zero-order chi connectivity index (χ0) is 21.8. The van der Waals surface area contributed by atoms with Gasteiger partial charge in [0.15, 0.2) is 0 Å². The Morgan fingerprint density at radius 1 is 1.16 bits per heavy atom. The third-order valence-electron chi connectivity index (χ3n) is 5.26. The monoisotopic (exact) mass is 435 g/mol. The van der Waals surface area contributed by atoms with Crippen molar-refractivity contribution in [3.8, 4) is 0 Å². The summed E-state index contributed by atoms with van der Waals surface area (Å²) in [5, 5.41) is 3.31. The number of pyridine rings is 1. The first-order valence-electron chi connectivity index (χ1n) is 10.0. The Kier molecular flexibility index (Phi) is 6.18. The molecule has 1 aliphatic heterocycles. The average molecular weight is 436 g/mol. The minimum Gasteiger partial charge on any atom is -0.444 e. The number of anilines is 1. The number of benzene rings is 2. The van der Waals surface area contributed by atoms with E-state index in [-0.39, 0.29) is 24.6 Å². The predicted molar refractivity (Wildman–Crippen MR) is 119 cm³/mol. The summed E-state index contributed by atoms with van der Waals surface area (Å²) in [5.74, 6) is -0.219. The second-order valence-corrected chi connectivity index (χ2v) is 7.78. The highest BCUT2D eigenvalue weighted by Crippen LogP contribution is 2.31. The highest BCUT2D eigenvalue weighted by atomic mass is 35.5. The summed E-state index contributed by atoms with van der Waals surface area (Å²) in [6.07, 6.45) is 1.84. The minimum absolute atomic E-state index is 0.201. The molecule has 1 aliphatic rings. The SMILES string of the molecule is C[C@@H](NC(=O)c1ccc(Cl)nc1)c1ccc2c(c1)CCN2C(=O)OCc1ccccc1. The van der Waals surface area contributed by atoms with Crippen LogP contribution in [0.25, 0.3) is 0 Å². The molecule has 158 valence electrons. The van der Waals surface area contributed by atoms with Crippen molar-refractivity contribution in [2.45, 2.75) is 26.0 Å². The summed E-state index contributed by atoms with van der Waals surface area (Å²) >= 11 is 5.78. The fraction of sp³-hybridized carbons (Fsp3) is 0.208. The molecule has 1 N–H and O–H groups in total. The first-order chi connectivity index (χ1) is 15.0. The van der Waals surface area contributed by atoms with Crippen molar-refractivity contribution in [2.24, 2.45) is 0 Å². The number of rotatable bonds is 5. The molecule has 6 nitrogen and oxygen atoms in total. The van der Waals surface area contributed by atoms with Gasteiger partial charge in [-0.2, -0.15) is 0 Å². The maximum Gasteiger partial charge on any atom is 0.414 e. The second kappa shape index (κ2) is 9.18. The summed E-state index contributed by atoms with van der Waals surface area (Å²) in [5.41, 5.74) is 4.27. The van der Waals surface area contributed by atoms with E-state index >= 15 is 0 Å². The van der Waals surface area contributed by atoms with Crippen molar-refractivity contribution in [1.82, 2.24) is 10.3 Å².